The largest absolute Gasteiger partial charge is 0.416 e. The quantitative estimate of drug-likeness (QED) is 0.834. The minimum Gasteiger partial charge on any atom is -0.384 e. The van der Waals surface area contributed by atoms with E-state index in [0.717, 1.165) is 12.1 Å². The molecule has 0 amide bonds. The van der Waals surface area contributed by atoms with Crippen LogP contribution >= 0.6 is 11.3 Å². The van der Waals surface area contributed by atoms with E-state index >= 15 is 0 Å². The van der Waals surface area contributed by atoms with Gasteiger partial charge in [-0.15, -0.1) is 11.3 Å². The fourth-order valence-corrected chi connectivity index (χ4v) is 1.95. The number of hydrogen-bond acceptors (Lipinski definition) is 3. The Labute approximate surface area is 93.5 Å². The summed E-state index contributed by atoms with van der Waals surface area (Å²) in [4.78, 5) is 4.54. The van der Waals surface area contributed by atoms with Crippen molar-refractivity contribution in [3.8, 4) is 10.6 Å². The number of hydrogen-bond donors (Lipinski definition) is 1. The topological polar surface area (TPSA) is 38.9 Å². The van der Waals surface area contributed by atoms with E-state index < -0.39 is 11.7 Å². The van der Waals surface area contributed by atoms with Crippen LogP contribution in [0.1, 0.15) is 5.56 Å². The minimum atomic E-state index is -4.40. The van der Waals surface area contributed by atoms with Crippen molar-refractivity contribution in [2.24, 2.45) is 0 Å². The maximum absolute atomic E-state index is 12.5. The summed E-state index contributed by atoms with van der Waals surface area (Å²) in [6, 6.07) is 5.28. The second-order valence-corrected chi connectivity index (χ2v) is 4.09. The number of nitrogens with zero attached hydrogens (tertiary/aromatic N) is 1. The van der Waals surface area contributed by atoms with Gasteiger partial charge in [0, 0.05) is 0 Å². The average Bonchev–Trinajstić information content (AvgIpc) is 2.68. The van der Waals surface area contributed by atoms with Gasteiger partial charge in [0.25, 0.3) is 0 Å². The number of thiophene rings is 1. The van der Waals surface area contributed by atoms with Gasteiger partial charge in [0.2, 0.25) is 0 Å². The Morgan fingerprint density at radius 2 is 2.00 bits per heavy atom. The normalized spacial score (nSPS) is 11.7. The molecule has 2 aromatic heterocycles. The molecule has 16 heavy (non-hydrogen) atoms. The third-order valence-electron chi connectivity index (χ3n) is 1.95. The molecule has 0 aliphatic carbocycles. The fraction of sp³-hybridized carbons (Fsp3) is 0.100. The molecule has 2 nitrogen and oxygen atoms in total. The summed E-state index contributed by atoms with van der Waals surface area (Å²) in [5.41, 5.74) is 4.83. The third-order valence-corrected chi connectivity index (χ3v) is 2.84. The first kappa shape index (κ1) is 10.9. The van der Waals surface area contributed by atoms with Crippen LogP contribution in [0, 0.1) is 0 Å². The van der Waals surface area contributed by atoms with Crippen molar-refractivity contribution >= 4 is 17.2 Å². The van der Waals surface area contributed by atoms with E-state index in [-0.39, 0.29) is 11.5 Å². The lowest BCUT2D eigenvalue weighted by atomic mass is 10.2. The number of alkyl halides is 3. The molecule has 0 unspecified atom stereocenters. The summed E-state index contributed by atoms with van der Waals surface area (Å²) in [5.74, 6) is -0.127. The van der Waals surface area contributed by atoms with Crippen LogP contribution in [0.3, 0.4) is 0 Å². The van der Waals surface area contributed by atoms with Gasteiger partial charge in [-0.1, -0.05) is 6.07 Å². The van der Waals surface area contributed by atoms with E-state index in [1.807, 2.05) is 0 Å². The molecule has 0 saturated heterocycles. The first-order chi connectivity index (χ1) is 7.47. The van der Waals surface area contributed by atoms with E-state index in [1.54, 1.807) is 17.5 Å². The molecule has 2 rings (SSSR count). The number of nitrogen functional groups attached to an aromatic ring is 1. The molecule has 0 aliphatic heterocycles. The molecule has 2 N–H and O–H groups in total. The molecule has 0 saturated carbocycles. The molecule has 0 bridgehead atoms. The lowest BCUT2D eigenvalue weighted by Gasteiger charge is -2.08. The van der Waals surface area contributed by atoms with Crippen molar-refractivity contribution in [2.45, 2.75) is 6.18 Å². The summed E-state index contributed by atoms with van der Waals surface area (Å²) in [6.07, 6.45) is -4.40. The zero-order chi connectivity index (χ0) is 11.8. The first-order valence-electron chi connectivity index (χ1n) is 4.35. The Kier molecular flexibility index (Phi) is 2.59. The molecule has 0 atom stereocenters. The molecular weight excluding hydrogens is 237 g/mol. The molecule has 6 heteroatoms. The highest BCUT2D eigenvalue weighted by atomic mass is 32.1. The van der Waals surface area contributed by atoms with Gasteiger partial charge in [-0.3, -0.25) is 0 Å². The van der Waals surface area contributed by atoms with Crippen LogP contribution in [0.5, 0.6) is 0 Å². The van der Waals surface area contributed by atoms with E-state index in [2.05, 4.69) is 4.98 Å². The fourth-order valence-electron chi connectivity index (χ4n) is 1.27. The maximum Gasteiger partial charge on any atom is 0.416 e. The number of anilines is 1. The predicted octanol–water partition coefficient (Wildman–Crippen LogP) is 3.41. The maximum atomic E-state index is 12.5. The summed E-state index contributed by atoms with van der Waals surface area (Å²) in [5, 5.41) is 1.77. The van der Waals surface area contributed by atoms with Crippen LogP contribution < -0.4 is 5.73 Å². The van der Waals surface area contributed by atoms with Crippen LogP contribution in [-0.2, 0) is 6.18 Å². The second-order valence-electron chi connectivity index (χ2n) is 3.14. The van der Waals surface area contributed by atoms with Crippen molar-refractivity contribution < 1.29 is 13.2 Å². The third kappa shape index (κ3) is 2.16. The average molecular weight is 244 g/mol. The van der Waals surface area contributed by atoms with E-state index in [0.29, 0.717) is 4.88 Å². The Balaban J connectivity index is 2.53. The minimum absolute atomic E-state index is 0.127. The van der Waals surface area contributed by atoms with Crippen LogP contribution in [0.2, 0.25) is 0 Å². The van der Waals surface area contributed by atoms with Gasteiger partial charge in [0.05, 0.1) is 16.1 Å². The summed E-state index contributed by atoms with van der Waals surface area (Å²) in [6.45, 7) is 0. The molecule has 2 aromatic rings. The van der Waals surface area contributed by atoms with Gasteiger partial charge in [0.1, 0.15) is 5.82 Å². The molecule has 0 radical (unpaired) electrons. The van der Waals surface area contributed by atoms with Crippen molar-refractivity contribution in [2.75, 3.05) is 5.73 Å². The highest BCUT2D eigenvalue weighted by molar-refractivity contribution is 7.13. The Bertz CT molecular complexity index is 491. The Morgan fingerprint density at radius 3 is 2.56 bits per heavy atom. The standard InChI is InChI=1S/C10H7F3N2S/c11-10(12,13)6-4-7(15-9(14)5-6)8-2-1-3-16-8/h1-5H,(H2,14,15). The molecular formula is C10H7F3N2S. The highest BCUT2D eigenvalue weighted by Gasteiger charge is 2.31. The molecule has 0 aliphatic rings. The van der Waals surface area contributed by atoms with Crippen LogP contribution in [-0.4, -0.2) is 4.98 Å². The summed E-state index contributed by atoms with van der Waals surface area (Å²) < 4.78 is 37.5. The number of nitrogens with two attached hydrogens (primary N) is 1. The number of pyridine rings is 1. The molecule has 0 aromatic carbocycles. The lowest BCUT2D eigenvalue weighted by molar-refractivity contribution is -0.137. The lowest BCUT2D eigenvalue weighted by Crippen LogP contribution is -2.07. The van der Waals surface area contributed by atoms with Gasteiger partial charge >= 0.3 is 6.18 Å². The van der Waals surface area contributed by atoms with Crippen molar-refractivity contribution in [3.05, 3.63) is 35.2 Å². The second kappa shape index (κ2) is 3.79. The smallest absolute Gasteiger partial charge is 0.384 e. The van der Waals surface area contributed by atoms with Crippen LogP contribution in [0.4, 0.5) is 19.0 Å². The van der Waals surface area contributed by atoms with E-state index in [9.17, 15) is 13.2 Å². The SMILES string of the molecule is Nc1cc(C(F)(F)F)cc(-c2cccs2)n1. The monoisotopic (exact) mass is 244 g/mol. The van der Waals surface area contributed by atoms with Gasteiger partial charge in [0.15, 0.2) is 0 Å². The van der Waals surface area contributed by atoms with Crippen LogP contribution in [0.25, 0.3) is 10.6 Å². The van der Waals surface area contributed by atoms with E-state index in [1.165, 1.54) is 11.3 Å². The molecule has 0 spiro atoms. The number of halogens is 3. The van der Waals surface area contributed by atoms with Gasteiger partial charge in [-0.25, -0.2) is 4.98 Å². The molecule has 0 fully saturated rings. The number of rotatable bonds is 1. The molecule has 84 valence electrons. The van der Waals surface area contributed by atoms with Crippen molar-refractivity contribution in [1.29, 1.82) is 0 Å². The zero-order valence-electron chi connectivity index (χ0n) is 7.95. The first-order valence-corrected chi connectivity index (χ1v) is 5.23. The van der Waals surface area contributed by atoms with Crippen molar-refractivity contribution in [1.82, 2.24) is 4.98 Å². The van der Waals surface area contributed by atoms with Gasteiger partial charge in [-0.2, -0.15) is 13.2 Å². The Morgan fingerprint density at radius 1 is 1.25 bits per heavy atom. The van der Waals surface area contributed by atoms with Crippen LogP contribution in [0.15, 0.2) is 29.6 Å². The predicted molar refractivity (Wildman–Crippen MR) is 57.0 cm³/mol. The summed E-state index contributed by atoms with van der Waals surface area (Å²) in [7, 11) is 0. The van der Waals surface area contributed by atoms with Crippen molar-refractivity contribution in [3.63, 3.8) is 0 Å². The van der Waals surface area contributed by atoms with E-state index in [4.69, 9.17) is 5.73 Å². The zero-order valence-corrected chi connectivity index (χ0v) is 8.77. The van der Waals surface area contributed by atoms with Gasteiger partial charge < -0.3 is 5.73 Å². The number of aromatic nitrogens is 1. The molecule has 2 heterocycles. The summed E-state index contributed by atoms with van der Waals surface area (Å²) >= 11 is 1.32. The van der Waals surface area contributed by atoms with Gasteiger partial charge in [-0.05, 0) is 23.6 Å². The Hall–Kier alpha value is -1.56. The highest BCUT2D eigenvalue weighted by Crippen LogP contribution is 2.33.